The van der Waals surface area contributed by atoms with E-state index in [0.29, 0.717) is 33.7 Å². The van der Waals surface area contributed by atoms with E-state index in [1.807, 2.05) is 43.3 Å². The third kappa shape index (κ3) is 4.62. The SMILES string of the molecule is CCN(C(=O)c1ccc(C(C)(C)C)cc1)c1nnc(-c2cc(OC)cc(OC)c2)s1. The van der Waals surface area contributed by atoms with Gasteiger partial charge in [-0.25, -0.2) is 0 Å². The number of carbonyl (C=O) groups is 1. The molecule has 0 unspecified atom stereocenters. The molecule has 0 atom stereocenters. The van der Waals surface area contributed by atoms with E-state index >= 15 is 0 Å². The molecular formula is C23H27N3O3S. The number of carbonyl (C=O) groups excluding carboxylic acids is 1. The highest BCUT2D eigenvalue weighted by Gasteiger charge is 2.22. The Morgan fingerprint density at radius 2 is 1.60 bits per heavy atom. The molecule has 6 nitrogen and oxygen atoms in total. The molecule has 1 heterocycles. The van der Waals surface area contributed by atoms with Gasteiger partial charge in [0.05, 0.1) is 14.2 Å². The monoisotopic (exact) mass is 425 g/mol. The molecule has 30 heavy (non-hydrogen) atoms. The molecule has 0 N–H and O–H groups in total. The zero-order chi connectivity index (χ0) is 21.9. The van der Waals surface area contributed by atoms with Gasteiger partial charge < -0.3 is 9.47 Å². The lowest BCUT2D eigenvalue weighted by Crippen LogP contribution is -2.30. The summed E-state index contributed by atoms with van der Waals surface area (Å²) in [7, 11) is 3.21. The number of rotatable bonds is 6. The van der Waals surface area contributed by atoms with E-state index < -0.39 is 0 Å². The molecule has 0 radical (unpaired) electrons. The van der Waals surface area contributed by atoms with Gasteiger partial charge in [-0.2, -0.15) is 0 Å². The maximum absolute atomic E-state index is 13.1. The van der Waals surface area contributed by atoms with Gasteiger partial charge in [0.15, 0.2) is 0 Å². The number of hydrogen-bond donors (Lipinski definition) is 0. The van der Waals surface area contributed by atoms with Crippen molar-refractivity contribution in [1.82, 2.24) is 10.2 Å². The summed E-state index contributed by atoms with van der Waals surface area (Å²) >= 11 is 1.36. The van der Waals surface area contributed by atoms with E-state index in [1.54, 1.807) is 25.2 Å². The predicted octanol–water partition coefficient (Wildman–Crippen LogP) is 5.19. The summed E-state index contributed by atoms with van der Waals surface area (Å²) in [6.07, 6.45) is 0. The van der Waals surface area contributed by atoms with E-state index in [4.69, 9.17) is 9.47 Å². The number of aromatic nitrogens is 2. The fourth-order valence-corrected chi connectivity index (χ4v) is 3.90. The maximum Gasteiger partial charge on any atom is 0.260 e. The van der Waals surface area contributed by atoms with Crippen LogP contribution in [-0.2, 0) is 5.41 Å². The smallest absolute Gasteiger partial charge is 0.260 e. The Morgan fingerprint density at radius 3 is 2.10 bits per heavy atom. The lowest BCUT2D eigenvalue weighted by Gasteiger charge is -2.20. The van der Waals surface area contributed by atoms with Crippen LogP contribution in [0.3, 0.4) is 0 Å². The van der Waals surface area contributed by atoms with Crippen LogP contribution in [0.2, 0.25) is 0 Å². The number of anilines is 1. The second-order valence-electron chi connectivity index (χ2n) is 7.87. The first-order valence-electron chi connectivity index (χ1n) is 9.76. The van der Waals surface area contributed by atoms with Gasteiger partial charge in [-0.1, -0.05) is 44.2 Å². The average Bonchev–Trinajstić information content (AvgIpc) is 3.23. The number of amides is 1. The van der Waals surface area contributed by atoms with Gasteiger partial charge >= 0.3 is 0 Å². The molecule has 0 aliphatic heterocycles. The molecule has 0 aliphatic carbocycles. The summed E-state index contributed by atoms with van der Waals surface area (Å²) in [6.45, 7) is 8.88. The summed E-state index contributed by atoms with van der Waals surface area (Å²) in [5.74, 6) is 1.25. The first-order valence-corrected chi connectivity index (χ1v) is 10.6. The Kier molecular flexibility index (Phi) is 6.41. The molecule has 0 saturated heterocycles. The highest BCUT2D eigenvalue weighted by Crippen LogP contribution is 2.34. The Balaban J connectivity index is 1.88. The van der Waals surface area contributed by atoms with Crippen molar-refractivity contribution in [2.45, 2.75) is 33.1 Å². The normalized spacial score (nSPS) is 11.3. The van der Waals surface area contributed by atoms with Crippen molar-refractivity contribution in [3.63, 3.8) is 0 Å². The summed E-state index contributed by atoms with van der Waals surface area (Å²) in [6, 6.07) is 13.3. The lowest BCUT2D eigenvalue weighted by molar-refractivity contribution is 0.0988. The third-order valence-corrected chi connectivity index (χ3v) is 5.80. The highest BCUT2D eigenvalue weighted by atomic mass is 32.1. The molecule has 1 aromatic heterocycles. The van der Waals surface area contributed by atoms with Crippen molar-refractivity contribution in [3.05, 3.63) is 53.6 Å². The number of methoxy groups -OCH3 is 2. The first-order chi connectivity index (χ1) is 14.3. The molecule has 0 saturated carbocycles. The number of ether oxygens (including phenoxy) is 2. The Labute approximate surface area is 181 Å². The van der Waals surface area contributed by atoms with E-state index in [-0.39, 0.29) is 11.3 Å². The Hall–Kier alpha value is -2.93. The van der Waals surface area contributed by atoms with Gasteiger partial charge in [0.2, 0.25) is 5.13 Å². The fourth-order valence-electron chi connectivity index (χ4n) is 3.01. The first kappa shape index (κ1) is 21.8. The number of benzene rings is 2. The molecule has 7 heteroatoms. The van der Waals surface area contributed by atoms with Crippen LogP contribution in [0.15, 0.2) is 42.5 Å². The van der Waals surface area contributed by atoms with Crippen molar-refractivity contribution in [2.75, 3.05) is 25.7 Å². The minimum absolute atomic E-state index is 0.0396. The second kappa shape index (κ2) is 8.83. The minimum atomic E-state index is -0.0936. The Bertz CT molecular complexity index is 1000. The Morgan fingerprint density at radius 1 is 1.00 bits per heavy atom. The molecule has 3 rings (SSSR count). The van der Waals surface area contributed by atoms with Crippen molar-refractivity contribution < 1.29 is 14.3 Å². The van der Waals surface area contributed by atoms with E-state index in [1.165, 1.54) is 16.9 Å². The molecular weight excluding hydrogens is 398 g/mol. The quantitative estimate of drug-likeness (QED) is 0.544. The zero-order valence-corrected chi connectivity index (χ0v) is 19.0. The standard InChI is InChI=1S/C23H27N3O3S/c1-7-26(21(27)15-8-10-17(11-9-15)23(2,3)4)22-25-24-20(30-22)16-12-18(28-5)14-19(13-16)29-6/h8-14H,7H2,1-6H3. The van der Waals surface area contributed by atoms with Gasteiger partial charge in [-0.05, 0) is 42.2 Å². The topological polar surface area (TPSA) is 64.6 Å². The number of nitrogens with zero attached hydrogens (tertiary/aromatic N) is 3. The zero-order valence-electron chi connectivity index (χ0n) is 18.2. The van der Waals surface area contributed by atoms with Crippen LogP contribution in [-0.4, -0.2) is 36.9 Å². The van der Waals surface area contributed by atoms with Gasteiger partial charge in [-0.3, -0.25) is 9.69 Å². The molecule has 2 aromatic carbocycles. The molecule has 0 spiro atoms. The van der Waals surface area contributed by atoms with Crippen molar-refractivity contribution in [1.29, 1.82) is 0 Å². The summed E-state index contributed by atoms with van der Waals surface area (Å²) in [5, 5.41) is 9.81. The predicted molar refractivity (Wildman–Crippen MR) is 121 cm³/mol. The molecule has 3 aromatic rings. The van der Waals surface area contributed by atoms with Crippen molar-refractivity contribution in [3.8, 4) is 22.1 Å². The minimum Gasteiger partial charge on any atom is -0.497 e. The van der Waals surface area contributed by atoms with Gasteiger partial charge in [0.25, 0.3) is 5.91 Å². The van der Waals surface area contributed by atoms with Crippen LogP contribution in [0.4, 0.5) is 5.13 Å². The third-order valence-electron chi connectivity index (χ3n) is 4.80. The maximum atomic E-state index is 13.1. The second-order valence-corrected chi connectivity index (χ2v) is 8.82. The van der Waals surface area contributed by atoms with Crippen LogP contribution in [0.1, 0.15) is 43.6 Å². The van der Waals surface area contributed by atoms with Crippen LogP contribution < -0.4 is 14.4 Å². The summed E-state index contributed by atoms with van der Waals surface area (Å²) in [4.78, 5) is 14.8. The van der Waals surface area contributed by atoms with Crippen molar-refractivity contribution >= 4 is 22.4 Å². The molecule has 158 valence electrons. The van der Waals surface area contributed by atoms with Crippen molar-refractivity contribution in [2.24, 2.45) is 0 Å². The molecule has 0 fully saturated rings. The van der Waals surface area contributed by atoms with Crippen LogP contribution in [0, 0.1) is 0 Å². The molecule has 0 bridgehead atoms. The van der Waals surface area contributed by atoms with E-state index in [9.17, 15) is 4.79 Å². The molecule has 0 aliphatic rings. The highest BCUT2D eigenvalue weighted by molar-refractivity contribution is 7.18. The van der Waals surface area contributed by atoms with Crippen LogP contribution >= 0.6 is 11.3 Å². The lowest BCUT2D eigenvalue weighted by atomic mass is 9.86. The van der Waals surface area contributed by atoms with Crippen LogP contribution in [0.25, 0.3) is 10.6 Å². The van der Waals surface area contributed by atoms with Gasteiger partial charge in [0, 0.05) is 23.7 Å². The number of hydrogen-bond acceptors (Lipinski definition) is 6. The van der Waals surface area contributed by atoms with E-state index in [0.717, 1.165) is 5.56 Å². The summed E-state index contributed by atoms with van der Waals surface area (Å²) in [5.41, 5.74) is 2.68. The summed E-state index contributed by atoms with van der Waals surface area (Å²) < 4.78 is 10.7. The van der Waals surface area contributed by atoms with Gasteiger partial charge in [0.1, 0.15) is 16.5 Å². The molecule has 1 amide bonds. The van der Waals surface area contributed by atoms with E-state index in [2.05, 4.69) is 31.0 Å². The average molecular weight is 426 g/mol. The van der Waals surface area contributed by atoms with Gasteiger partial charge in [-0.15, -0.1) is 10.2 Å². The van der Waals surface area contributed by atoms with Crippen LogP contribution in [0.5, 0.6) is 11.5 Å². The fraction of sp³-hybridized carbons (Fsp3) is 0.348. The largest absolute Gasteiger partial charge is 0.497 e.